The number of nitrogens with two attached hydrogens (primary N) is 1. The molecule has 3 aromatic carbocycles. The van der Waals surface area contributed by atoms with Gasteiger partial charge in [-0.1, -0.05) is 48.0 Å². The number of rotatable bonds is 4. The highest BCUT2D eigenvalue weighted by molar-refractivity contribution is 6.34. The maximum Gasteiger partial charge on any atom is 0.172 e. The average Bonchev–Trinajstić information content (AvgIpc) is 2.56. The van der Waals surface area contributed by atoms with Crippen molar-refractivity contribution in [2.75, 3.05) is 5.73 Å². The molecule has 0 saturated carbocycles. The normalized spacial score (nSPS) is 10.2. The highest BCUT2D eigenvalue weighted by atomic mass is 35.5. The second-order valence-corrected chi connectivity index (χ2v) is 5.00. The lowest BCUT2D eigenvalue weighted by Gasteiger charge is -2.14. The molecule has 0 bridgehead atoms. The molecule has 0 aliphatic rings. The van der Waals surface area contributed by atoms with Crippen LogP contribution in [0.2, 0.25) is 5.02 Å². The van der Waals surface area contributed by atoms with E-state index in [0.717, 1.165) is 0 Å². The van der Waals surface area contributed by atoms with Crippen molar-refractivity contribution in [3.05, 3.63) is 77.8 Å². The third kappa shape index (κ3) is 3.15. The molecule has 0 aliphatic heterocycles. The lowest BCUT2D eigenvalue weighted by atomic mass is 10.2. The Morgan fingerprint density at radius 3 is 1.82 bits per heavy atom. The number of benzene rings is 3. The molecule has 0 saturated heterocycles. The van der Waals surface area contributed by atoms with E-state index < -0.39 is 0 Å². The molecular formula is C18H14ClNO2. The minimum Gasteiger partial charge on any atom is -0.456 e. The van der Waals surface area contributed by atoms with Crippen LogP contribution >= 0.6 is 11.6 Å². The van der Waals surface area contributed by atoms with Crippen molar-refractivity contribution < 1.29 is 9.47 Å². The average molecular weight is 312 g/mol. The highest BCUT2D eigenvalue weighted by Crippen LogP contribution is 2.42. The van der Waals surface area contributed by atoms with Gasteiger partial charge in [0, 0.05) is 0 Å². The van der Waals surface area contributed by atoms with Crippen LogP contribution in [0.1, 0.15) is 0 Å². The van der Waals surface area contributed by atoms with Crippen LogP contribution in [0, 0.1) is 0 Å². The summed E-state index contributed by atoms with van der Waals surface area (Å²) in [5.74, 6) is 2.24. The summed E-state index contributed by atoms with van der Waals surface area (Å²) >= 11 is 6.38. The molecule has 0 fully saturated rings. The van der Waals surface area contributed by atoms with E-state index >= 15 is 0 Å². The van der Waals surface area contributed by atoms with Crippen molar-refractivity contribution in [1.82, 2.24) is 0 Å². The molecule has 0 spiro atoms. The van der Waals surface area contributed by atoms with Gasteiger partial charge in [0.15, 0.2) is 5.75 Å². The summed E-state index contributed by atoms with van der Waals surface area (Å²) in [4.78, 5) is 0. The highest BCUT2D eigenvalue weighted by Gasteiger charge is 2.14. The lowest BCUT2D eigenvalue weighted by molar-refractivity contribution is 0.462. The molecule has 4 heteroatoms. The third-order valence-corrected chi connectivity index (χ3v) is 3.38. The fourth-order valence-electron chi connectivity index (χ4n) is 1.96. The molecule has 0 radical (unpaired) electrons. The Hall–Kier alpha value is -2.65. The molecule has 3 rings (SSSR count). The molecule has 0 aromatic heterocycles. The van der Waals surface area contributed by atoms with Gasteiger partial charge in [-0.25, -0.2) is 0 Å². The van der Waals surface area contributed by atoms with Crippen molar-refractivity contribution >= 4 is 17.3 Å². The number of anilines is 1. The number of hydrogen-bond donors (Lipinski definition) is 1. The fraction of sp³-hybridized carbons (Fsp3) is 0. The Labute approximate surface area is 133 Å². The van der Waals surface area contributed by atoms with Gasteiger partial charge in [-0.3, -0.25) is 0 Å². The summed E-state index contributed by atoms with van der Waals surface area (Å²) in [6, 6.07) is 22.2. The van der Waals surface area contributed by atoms with E-state index in [2.05, 4.69) is 0 Å². The largest absolute Gasteiger partial charge is 0.456 e. The first-order chi connectivity index (χ1) is 10.7. The molecule has 3 nitrogen and oxygen atoms in total. The molecule has 3 aromatic rings. The van der Waals surface area contributed by atoms with Gasteiger partial charge in [0.05, 0.1) is 5.69 Å². The van der Waals surface area contributed by atoms with Crippen LogP contribution in [-0.2, 0) is 0 Å². The van der Waals surface area contributed by atoms with Gasteiger partial charge in [0.25, 0.3) is 0 Å². The second-order valence-electron chi connectivity index (χ2n) is 4.63. The molecule has 2 N–H and O–H groups in total. The lowest BCUT2D eigenvalue weighted by Crippen LogP contribution is -1.95. The minimum absolute atomic E-state index is 0.340. The van der Waals surface area contributed by atoms with E-state index in [-0.39, 0.29) is 0 Å². The Morgan fingerprint density at radius 2 is 1.23 bits per heavy atom. The summed E-state index contributed by atoms with van der Waals surface area (Å²) in [6.45, 7) is 0. The van der Waals surface area contributed by atoms with Crippen molar-refractivity contribution in [3.8, 4) is 23.0 Å². The quantitative estimate of drug-likeness (QED) is 0.646. The molecule has 0 atom stereocenters. The zero-order valence-corrected chi connectivity index (χ0v) is 12.5. The van der Waals surface area contributed by atoms with Crippen molar-refractivity contribution in [2.24, 2.45) is 0 Å². The van der Waals surface area contributed by atoms with Crippen molar-refractivity contribution in [1.29, 1.82) is 0 Å². The number of hydrogen-bond acceptors (Lipinski definition) is 3. The van der Waals surface area contributed by atoms with E-state index in [9.17, 15) is 0 Å². The molecular weight excluding hydrogens is 298 g/mol. The minimum atomic E-state index is 0.340. The fourth-order valence-corrected chi connectivity index (χ4v) is 2.21. The molecule has 0 aliphatic carbocycles. The Morgan fingerprint density at radius 1 is 0.682 bits per heavy atom. The summed E-state index contributed by atoms with van der Waals surface area (Å²) in [5, 5.41) is 0.340. The van der Waals surface area contributed by atoms with Gasteiger partial charge in [-0.05, 0) is 36.4 Å². The van der Waals surface area contributed by atoms with Crippen LogP contribution < -0.4 is 15.2 Å². The van der Waals surface area contributed by atoms with E-state index in [1.54, 1.807) is 12.1 Å². The van der Waals surface area contributed by atoms with Crippen LogP contribution in [0.3, 0.4) is 0 Å². The van der Waals surface area contributed by atoms with E-state index in [1.807, 2.05) is 60.7 Å². The first-order valence-electron chi connectivity index (χ1n) is 6.78. The van der Waals surface area contributed by atoms with Gasteiger partial charge in [0.1, 0.15) is 22.3 Å². The number of halogens is 1. The van der Waals surface area contributed by atoms with Crippen LogP contribution in [0.5, 0.6) is 23.0 Å². The first kappa shape index (κ1) is 14.3. The van der Waals surface area contributed by atoms with Crippen molar-refractivity contribution in [2.45, 2.75) is 0 Å². The van der Waals surface area contributed by atoms with E-state index in [1.165, 1.54) is 0 Å². The van der Waals surface area contributed by atoms with Gasteiger partial charge in [0.2, 0.25) is 0 Å². The molecule has 0 amide bonds. The zero-order valence-electron chi connectivity index (χ0n) is 11.7. The van der Waals surface area contributed by atoms with Gasteiger partial charge in [-0.2, -0.15) is 0 Å². The zero-order chi connectivity index (χ0) is 15.4. The van der Waals surface area contributed by atoms with Crippen LogP contribution in [0.15, 0.2) is 72.8 Å². The SMILES string of the molecule is Nc1ccc(Oc2ccccc2)c(Cl)c1Oc1ccccc1. The van der Waals surface area contributed by atoms with Crippen LogP contribution in [0.4, 0.5) is 5.69 Å². The maximum atomic E-state index is 6.38. The molecule has 110 valence electrons. The summed E-state index contributed by atoms with van der Waals surface area (Å²) in [7, 11) is 0. The smallest absolute Gasteiger partial charge is 0.172 e. The number of nitrogen functional groups attached to an aromatic ring is 1. The Kier molecular flexibility index (Phi) is 4.17. The number of para-hydroxylation sites is 2. The maximum absolute atomic E-state index is 6.38. The summed E-state index contributed by atoms with van der Waals surface area (Å²) in [5.41, 5.74) is 6.42. The number of ether oxygens (including phenoxy) is 2. The predicted octanol–water partition coefficient (Wildman–Crippen LogP) is 5.51. The standard InChI is InChI=1S/C18H14ClNO2/c19-17-16(21-13-7-3-1-4-8-13)12-11-15(20)18(17)22-14-9-5-2-6-10-14/h1-12H,20H2. The van der Waals surface area contributed by atoms with Crippen LogP contribution in [-0.4, -0.2) is 0 Å². The second kappa shape index (κ2) is 6.41. The third-order valence-electron chi connectivity index (χ3n) is 3.03. The van der Waals surface area contributed by atoms with E-state index in [0.29, 0.717) is 33.7 Å². The molecule has 22 heavy (non-hydrogen) atoms. The van der Waals surface area contributed by atoms with Crippen LogP contribution in [0.25, 0.3) is 0 Å². The van der Waals surface area contributed by atoms with E-state index in [4.69, 9.17) is 26.8 Å². The van der Waals surface area contributed by atoms with Crippen molar-refractivity contribution in [3.63, 3.8) is 0 Å². The Bertz CT molecular complexity index is 761. The summed E-state index contributed by atoms with van der Waals surface area (Å²) in [6.07, 6.45) is 0. The molecule has 0 heterocycles. The van der Waals surface area contributed by atoms with Gasteiger partial charge >= 0.3 is 0 Å². The van der Waals surface area contributed by atoms with Gasteiger partial charge < -0.3 is 15.2 Å². The Balaban J connectivity index is 1.92. The summed E-state index contributed by atoms with van der Waals surface area (Å²) < 4.78 is 11.6. The first-order valence-corrected chi connectivity index (χ1v) is 7.15. The predicted molar refractivity (Wildman–Crippen MR) is 88.9 cm³/mol. The topological polar surface area (TPSA) is 44.5 Å². The molecule has 0 unspecified atom stereocenters. The monoisotopic (exact) mass is 311 g/mol. The van der Waals surface area contributed by atoms with Gasteiger partial charge in [-0.15, -0.1) is 0 Å².